The van der Waals surface area contributed by atoms with Crippen molar-refractivity contribution in [2.45, 2.75) is 17.4 Å². The van der Waals surface area contributed by atoms with Gasteiger partial charge < -0.3 is 4.90 Å². The monoisotopic (exact) mass is 353 g/mol. The Labute approximate surface area is 143 Å². The van der Waals surface area contributed by atoms with Crippen molar-refractivity contribution in [1.82, 2.24) is 4.90 Å². The van der Waals surface area contributed by atoms with Crippen LogP contribution in [-0.2, 0) is 17.3 Å². The molecule has 0 bridgehead atoms. The molecule has 0 aromatic heterocycles. The number of nitrogens with zero attached hydrogens (tertiary/aromatic N) is 1. The summed E-state index contributed by atoms with van der Waals surface area (Å²) in [5.74, 6) is 0.226. The molecule has 1 aliphatic rings. The van der Waals surface area contributed by atoms with E-state index in [1.807, 2.05) is 24.3 Å². The standard InChI is InChI=1S/C17H17Cl2NOS/c1-20-9-15(11-3-5-13(6-4-11)22(2)21)14-7-12(18)8-17(19)16(14)10-20/h3-8,15H,9-10H2,1-2H3/t15-,22-/m0/s1. The van der Waals surface area contributed by atoms with Gasteiger partial charge in [-0.1, -0.05) is 35.3 Å². The second kappa shape index (κ2) is 6.32. The van der Waals surface area contributed by atoms with Crippen molar-refractivity contribution in [3.63, 3.8) is 0 Å². The van der Waals surface area contributed by atoms with Gasteiger partial charge in [-0.15, -0.1) is 0 Å². The number of fused-ring (bicyclic) bond motifs is 1. The Bertz CT molecular complexity index is 730. The normalized spacial score (nSPS) is 19.7. The molecule has 0 unspecified atom stereocenters. The molecule has 0 aliphatic carbocycles. The fourth-order valence-corrected chi connectivity index (χ4v) is 4.11. The molecule has 0 spiro atoms. The summed E-state index contributed by atoms with van der Waals surface area (Å²) in [5, 5.41) is 1.40. The summed E-state index contributed by atoms with van der Waals surface area (Å²) in [6.45, 7) is 1.75. The molecule has 2 aromatic carbocycles. The molecule has 1 aliphatic heterocycles. The van der Waals surface area contributed by atoms with Crippen molar-refractivity contribution in [2.24, 2.45) is 0 Å². The molecule has 3 rings (SSSR count). The highest BCUT2D eigenvalue weighted by Crippen LogP contribution is 2.38. The molecule has 2 atom stereocenters. The van der Waals surface area contributed by atoms with Crippen LogP contribution in [0.4, 0.5) is 0 Å². The van der Waals surface area contributed by atoms with E-state index in [1.54, 1.807) is 6.26 Å². The molecule has 0 N–H and O–H groups in total. The predicted molar refractivity (Wildman–Crippen MR) is 93.4 cm³/mol. The number of halogens is 2. The van der Waals surface area contributed by atoms with Crippen LogP contribution in [0.3, 0.4) is 0 Å². The maximum absolute atomic E-state index is 11.5. The zero-order chi connectivity index (χ0) is 15.9. The molecular weight excluding hydrogens is 337 g/mol. The topological polar surface area (TPSA) is 20.3 Å². The summed E-state index contributed by atoms with van der Waals surface area (Å²) in [4.78, 5) is 3.11. The van der Waals surface area contributed by atoms with Gasteiger partial charge in [0.05, 0.1) is 0 Å². The van der Waals surface area contributed by atoms with Gasteiger partial charge in [-0.25, -0.2) is 0 Å². The first kappa shape index (κ1) is 16.0. The maximum Gasteiger partial charge on any atom is 0.0498 e. The van der Waals surface area contributed by atoms with E-state index in [9.17, 15) is 4.21 Å². The Morgan fingerprint density at radius 3 is 2.50 bits per heavy atom. The van der Waals surface area contributed by atoms with E-state index in [0.717, 1.165) is 28.6 Å². The molecule has 2 aromatic rings. The molecule has 5 heteroatoms. The van der Waals surface area contributed by atoms with E-state index in [0.29, 0.717) is 5.02 Å². The average Bonchev–Trinajstić information content (AvgIpc) is 2.47. The Balaban J connectivity index is 2.06. The van der Waals surface area contributed by atoms with E-state index in [1.165, 1.54) is 11.1 Å². The molecule has 22 heavy (non-hydrogen) atoms. The van der Waals surface area contributed by atoms with Crippen LogP contribution >= 0.6 is 23.2 Å². The maximum atomic E-state index is 11.5. The molecule has 0 radical (unpaired) electrons. The van der Waals surface area contributed by atoms with Gasteiger partial charge in [0, 0.05) is 51.0 Å². The summed E-state index contributed by atoms with van der Waals surface area (Å²) in [6, 6.07) is 11.8. The lowest BCUT2D eigenvalue weighted by Gasteiger charge is -2.33. The third kappa shape index (κ3) is 3.09. The quantitative estimate of drug-likeness (QED) is 0.801. The molecule has 2 nitrogen and oxygen atoms in total. The van der Waals surface area contributed by atoms with Crippen LogP contribution in [0.5, 0.6) is 0 Å². The van der Waals surface area contributed by atoms with Gasteiger partial charge in [0.15, 0.2) is 0 Å². The zero-order valence-corrected chi connectivity index (χ0v) is 14.8. The number of hydrogen-bond donors (Lipinski definition) is 0. The van der Waals surface area contributed by atoms with Crippen LogP contribution in [0, 0.1) is 0 Å². The highest BCUT2D eigenvalue weighted by molar-refractivity contribution is 7.84. The molecule has 0 saturated heterocycles. The van der Waals surface area contributed by atoms with Crippen LogP contribution in [-0.4, -0.2) is 29.0 Å². The van der Waals surface area contributed by atoms with Crippen molar-refractivity contribution >= 4 is 34.0 Å². The first-order valence-electron chi connectivity index (χ1n) is 7.05. The lowest BCUT2D eigenvalue weighted by molar-refractivity contribution is 0.295. The van der Waals surface area contributed by atoms with Crippen molar-refractivity contribution in [2.75, 3.05) is 19.8 Å². The second-order valence-electron chi connectivity index (χ2n) is 5.73. The largest absolute Gasteiger partial charge is 0.301 e. The lowest BCUT2D eigenvalue weighted by Crippen LogP contribution is -2.31. The first-order chi connectivity index (χ1) is 10.5. The minimum Gasteiger partial charge on any atom is -0.301 e. The van der Waals surface area contributed by atoms with Gasteiger partial charge in [0.2, 0.25) is 0 Å². The van der Waals surface area contributed by atoms with Crippen LogP contribution in [0.1, 0.15) is 22.6 Å². The summed E-state index contributed by atoms with van der Waals surface area (Å²) in [6.07, 6.45) is 1.69. The summed E-state index contributed by atoms with van der Waals surface area (Å²) in [7, 11) is 1.14. The lowest BCUT2D eigenvalue weighted by atomic mass is 9.85. The molecule has 1 heterocycles. The van der Waals surface area contributed by atoms with E-state index in [4.69, 9.17) is 23.2 Å². The Hall–Kier alpha value is -0.870. The minimum absolute atomic E-state index is 0.226. The minimum atomic E-state index is -0.954. The van der Waals surface area contributed by atoms with E-state index >= 15 is 0 Å². The van der Waals surface area contributed by atoms with E-state index in [-0.39, 0.29) is 5.92 Å². The van der Waals surface area contributed by atoms with Crippen molar-refractivity contribution in [3.8, 4) is 0 Å². The van der Waals surface area contributed by atoms with Crippen LogP contribution in [0.25, 0.3) is 0 Å². The fraction of sp³-hybridized carbons (Fsp3) is 0.294. The van der Waals surface area contributed by atoms with Gasteiger partial charge in [0.25, 0.3) is 0 Å². The van der Waals surface area contributed by atoms with Crippen molar-refractivity contribution in [1.29, 1.82) is 0 Å². The Morgan fingerprint density at radius 1 is 1.18 bits per heavy atom. The molecular formula is C17H17Cl2NOS. The van der Waals surface area contributed by atoms with E-state index < -0.39 is 10.8 Å². The molecule has 116 valence electrons. The smallest absolute Gasteiger partial charge is 0.0498 e. The first-order valence-corrected chi connectivity index (χ1v) is 9.37. The van der Waals surface area contributed by atoms with Gasteiger partial charge >= 0.3 is 0 Å². The highest BCUT2D eigenvalue weighted by atomic mass is 35.5. The highest BCUT2D eigenvalue weighted by Gasteiger charge is 2.27. The number of likely N-dealkylation sites (N-methyl/N-ethyl adjacent to an activating group) is 1. The van der Waals surface area contributed by atoms with Gasteiger partial charge in [-0.3, -0.25) is 4.21 Å². The third-order valence-corrected chi connectivity index (χ3v) is 5.60. The van der Waals surface area contributed by atoms with Crippen LogP contribution in [0.15, 0.2) is 41.3 Å². The van der Waals surface area contributed by atoms with Gasteiger partial charge in [-0.05, 0) is 48.0 Å². The number of rotatable bonds is 2. The second-order valence-corrected chi connectivity index (χ2v) is 7.95. The SMILES string of the molecule is CN1Cc2c(Cl)cc(Cl)cc2[C@H](c2ccc([S@](C)=O)cc2)C1. The van der Waals surface area contributed by atoms with Crippen LogP contribution in [0.2, 0.25) is 10.0 Å². The third-order valence-electron chi connectivity index (χ3n) is 4.11. The Kier molecular flexibility index (Phi) is 4.60. The summed E-state index contributed by atoms with van der Waals surface area (Å²) in [5.41, 5.74) is 3.54. The van der Waals surface area contributed by atoms with Crippen LogP contribution < -0.4 is 0 Å². The Morgan fingerprint density at radius 2 is 1.86 bits per heavy atom. The van der Waals surface area contributed by atoms with E-state index in [2.05, 4.69) is 24.1 Å². The van der Waals surface area contributed by atoms with Crippen molar-refractivity contribution in [3.05, 3.63) is 63.1 Å². The summed E-state index contributed by atoms with van der Waals surface area (Å²) < 4.78 is 11.5. The van der Waals surface area contributed by atoms with Crippen molar-refractivity contribution < 1.29 is 4.21 Å². The average molecular weight is 354 g/mol. The van der Waals surface area contributed by atoms with Gasteiger partial charge in [0.1, 0.15) is 0 Å². The number of benzene rings is 2. The zero-order valence-electron chi connectivity index (χ0n) is 12.5. The predicted octanol–water partition coefficient (Wildman–Crippen LogP) is 4.31. The molecule has 0 fully saturated rings. The molecule has 0 saturated carbocycles. The fourth-order valence-electron chi connectivity index (χ4n) is 3.02. The summed E-state index contributed by atoms with van der Waals surface area (Å²) >= 11 is 12.6. The molecule has 0 amide bonds. The van der Waals surface area contributed by atoms with Gasteiger partial charge in [-0.2, -0.15) is 0 Å². The number of hydrogen-bond acceptors (Lipinski definition) is 2.